The molecule has 0 unspecified atom stereocenters. The molecule has 0 bridgehead atoms. The lowest BCUT2D eigenvalue weighted by Gasteiger charge is -2.12. The summed E-state index contributed by atoms with van der Waals surface area (Å²) >= 11 is 0. The molecule has 0 saturated carbocycles. The Balaban J connectivity index is 2.95. The van der Waals surface area contributed by atoms with Crippen molar-refractivity contribution in [1.82, 2.24) is 0 Å². The van der Waals surface area contributed by atoms with E-state index in [4.69, 9.17) is 0 Å². The van der Waals surface area contributed by atoms with E-state index in [1.807, 2.05) is 19.1 Å². The zero-order chi connectivity index (χ0) is 11.9. The standard InChI is InChI=1S/C14H15NO/c1-8-5-12-7-13(15-16)6-9(2)14(12)11(4)10(8)3/h5-7H,1-4H3. The molecule has 2 heteroatoms. The Kier molecular flexibility index (Phi) is 2.50. The van der Waals surface area contributed by atoms with Crippen molar-refractivity contribution >= 4 is 16.5 Å². The maximum absolute atomic E-state index is 10.6. The molecule has 0 heterocycles. The van der Waals surface area contributed by atoms with Crippen LogP contribution >= 0.6 is 0 Å². The molecule has 82 valence electrons. The average molecular weight is 213 g/mol. The fourth-order valence-electron chi connectivity index (χ4n) is 2.30. The predicted octanol–water partition coefficient (Wildman–Crippen LogP) is 4.47. The number of aryl methyl sites for hydroxylation is 3. The summed E-state index contributed by atoms with van der Waals surface area (Å²) in [6.45, 7) is 8.39. The maximum Gasteiger partial charge on any atom is 0.108 e. The van der Waals surface area contributed by atoms with Crippen LogP contribution in [0.25, 0.3) is 10.8 Å². The van der Waals surface area contributed by atoms with Gasteiger partial charge in [-0.05, 0) is 78.0 Å². The summed E-state index contributed by atoms with van der Waals surface area (Å²) in [6, 6.07) is 5.82. The van der Waals surface area contributed by atoms with Crippen LogP contribution in [0.4, 0.5) is 5.69 Å². The highest BCUT2D eigenvalue weighted by Crippen LogP contribution is 2.31. The van der Waals surface area contributed by atoms with Gasteiger partial charge < -0.3 is 0 Å². The zero-order valence-corrected chi connectivity index (χ0v) is 10.1. The average Bonchev–Trinajstić information content (AvgIpc) is 2.25. The second kappa shape index (κ2) is 3.71. The molecule has 0 aromatic heterocycles. The zero-order valence-electron chi connectivity index (χ0n) is 10.1. The quantitative estimate of drug-likeness (QED) is 0.642. The van der Waals surface area contributed by atoms with Gasteiger partial charge in [0, 0.05) is 0 Å². The van der Waals surface area contributed by atoms with E-state index in [1.54, 1.807) is 0 Å². The number of benzene rings is 2. The second-order valence-corrected chi connectivity index (χ2v) is 4.40. The van der Waals surface area contributed by atoms with Gasteiger partial charge in [0.05, 0.1) is 0 Å². The van der Waals surface area contributed by atoms with Crippen LogP contribution in [0.3, 0.4) is 0 Å². The first-order valence-electron chi connectivity index (χ1n) is 5.39. The van der Waals surface area contributed by atoms with E-state index in [1.165, 1.54) is 22.1 Å². The van der Waals surface area contributed by atoms with E-state index in [-0.39, 0.29) is 0 Å². The van der Waals surface area contributed by atoms with Crippen molar-refractivity contribution in [3.63, 3.8) is 0 Å². The van der Waals surface area contributed by atoms with Crippen molar-refractivity contribution in [2.75, 3.05) is 0 Å². The lowest BCUT2D eigenvalue weighted by atomic mass is 9.93. The minimum Gasteiger partial charge on any atom is -0.145 e. The first-order chi connectivity index (χ1) is 7.54. The Hall–Kier alpha value is -1.70. The van der Waals surface area contributed by atoms with Gasteiger partial charge in [0.25, 0.3) is 0 Å². The Morgan fingerprint density at radius 3 is 2.19 bits per heavy atom. The molecule has 0 fully saturated rings. The van der Waals surface area contributed by atoms with E-state index in [2.05, 4.69) is 32.0 Å². The Labute approximate surface area is 95.3 Å². The van der Waals surface area contributed by atoms with Crippen LogP contribution in [0, 0.1) is 32.6 Å². The van der Waals surface area contributed by atoms with Gasteiger partial charge in [0.2, 0.25) is 0 Å². The third-order valence-corrected chi connectivity index (χ3v) is 3.36. The molecule has 0 saturated heterocycles. The Bertz CT molecular complexity index is 585. The summed E-state index contributed by atoms with van der Waals surface area (Å²) in [4.78, 5) is 10.6. The summed E-state index contributed by atoms with van der Waals surface area (Å²) in [5, 5.41) is 5.37. The summed E-state index contributed by atoms with van der Waals surface area (Å²) in [6.07, 6.45) is 0. The van der Waals surface area contributed by atoms with Crippen LogP contribution in [0.15, 0.2) is 23.4 Å². The maximum atomic E-state index is 10.6. The first-order valence-corrected chi connectivity index (χ1v) is 5.39. The van der Waals surface area contributed by atoms with Crippen LogP contribution in [-0.2, 0) is 0 Å². The molecule has 0 aliphatic rings. The third-order valence-electron chi connectivity index (χ3n) is 3.36. The van der Waals surface area contributed by atoms with Crippen LogP contribution in [0.5, 0.6) is 0 Å². The number of hydrogen-bond donors (Lipinski definition) is 0. The lowest BCUT2D eigenvalue weighted by molar-refractivity contribution is 1.29. The van der Waals surface area contributed by atoms with Crippen LogP contribution in [0.1, 0.15) is 22.3 Å². The van der Waals surface area contributed by atoms with Crippen LogP contribution < -0.4 is 0 Å². The highest BCUT2D eigenvalue weighted by molar-refractivity contribution is 5.92. The summed E-state index contributed by atoms with van der Waals surface area (Å²) in [7, 11) is 0. The molecule has 2 aromatic rings. The first kappa shape index (κ1) is 10.8. The van der Waals surface area contributed by atoms with Crippen molar-refractivity contribution in [1.29, 1.82) is 0 Å². The fraction of sp³-hybridized carbons (Fsp3) is 0.286. The van der Waals surface area contributed by atoms with Crippen LogP contribution in [-0.4, -0.2) is 0 Å². The number of nitrogens with zero attached hydrogens (tertiary/aromatic N) is 1. The number of nitroso groups, excluding NO2 is 1. The molecular formula is C14H15NO. The van der Waals surface area contributed by atoms with Gasteiger partial charge in [0.15, 0.2) is 0 Å². The van der Waals surface area contributed by atoms with Gasteiger partial charge in [-0.2, -0.15) is 0 Å². The van der Waals surface area contributed by atoms with E-state index in [9.17, 15) is 4.91 Å². The Morgan fingerprint density at radius 2 is 1.56 bits per heavy atom. The summed E-state index contributed by atoms with van der Waals surface area (Å²) < 4.78 is 0. The molecule has 2 nitrogen and oxygen atoms in total. The number of fused-ring (bicyclic) bond motifs is 1. The topological polar surface area (TPSA) is 29.4 Å². The van der Waals surface area contributed by atoms with Gasteiger partial charge >= 0.3 is 0 Å². The largest absolute Gasteiger partial charge is 0.145 e. The van der Waals surface area contributed by atoms with Crippen molar-refractivity contribution in [2.24, 2.45) is 5.18 Å². The van der Waals surface area contributed by atoms with Crippen LogP contribution in [0.2, 0.25) is 0 Å². The number of hydrogen-bond acceptors (Lipinski definition) is 2. The smallest absolute Gasteiger partial charge is 0.108 e. The molecule has 0 amide bonds. The normalized spacial score (nSPS) is 10.8. The molecule has 2 rings (SSSR count). The molecule has 0 aliphatic heterocycles. The van der Waals surface area contributed by atoms with E-state index < -0.39 is 0 Å². The van der Waals surface area contributed by atoms with Crippen molar-refractivity contribution < 1.29 is 0 Å². The minimum absolute atomic E-state index is 0.507. The molecular weight excluding hydrogens is 198 g/mol. The molecule has 16 heavy (non-hydrogen) atoms. The summed E-state index contributed by atoms with van der Waals surface area (Å²) in [5.74, 6) is 0. The second-order valence-electron chi connectivity index (χ2n) is 4.40. The molecule has 0 aliphatic carbocycles. The van der Waals surface area contributed by atoms with Gasteiger partial charge in [-0.1, -0.05) is 6.07 Å². The molecule has 0 atom stereocenters. The SMILES string of the molecule is Cc1cc2cc(N=O)cc(C)c2c(C)c1C. The highest BCUT2D eigenvalue weighted by atomic mass is 16.3. The van der Waals surface area contributed by atoms with Gasteiger partial charge in [-0.25, -0.2) is 0 Å². The molecule has 2 aromatic carbocycles. The van der Waals surface area contributed by atoms with Gasteiger partial charge in [-0.3, -0.25) is 0 Å². The van der Waals surface area contributed by atoms with E-state index >= 15 is 0 Å². The van der Waals surface area contributed by atoms with Crippen molar-refractivity contribution in [2.45, 2.75) is 27.7 Å². The van der Waals surface area contributed by atoms with Gasteiger partial charge in [0.1, 0.15) is 5.69 Å². The van der Waals surface area contributed by atoms with E-state index in [0.29, 0.717) is 5.69 Å². The van der Waals surface area contributed by atoms with Gasteiger partial charge in [-0.15, -0.1) is 4.91 Å². The van der Waals surface area contributed by atoms with Crippen molar-refractivity contribution in [3.05, 3.63) is 45.4 Å². The predicted molar refractivity (Wildman–Crippen MR) is 68.4 cm³/mol. The lowest BCUT2D eigenvalue weighted by Crippen LogP contribution is -1.91. The summed E-state index contributed by atoms with van der Waals surface area (Å²) in [5.41, 5.74) is 5.50. The number of rotatable bonds is 1. The minimum atomic E-state index is 0.507. The molecule has 0 N–H and O–H groups in total. The molecule has 0 radical (unpaired) electrons. The fourth-order valence-corrected chi connectivity index (χ4v) is 2.30. The highest BCUT2D eigenvalue weighted by Gasteiger charge is 2.08. The monoisotopic (exact) mass is 213 g/mol. The van der Waals surface area contributed by atoms with Crippen molar-refractivity contribution in [3.8, 4) is 0 Å². The third kappa shape index (κ3) is 1.51. The van der Waals surface area contributed by atoms with E-state index in [0.717, 1.165) is 10.9 Å². The molecule has 0 spiro atoms. The Morgan fingerprint density at radius 1 is 0.875 bits per heavy atom.